The number of hydrogen-bond donors (Lipinski definition) is 3. The van der Waals surface area contributed by atoms with Crippen molar-refractivity contribution in [3.8, 4) is 0 Å². The molecule has 1 rings (SSSR count). The van der Waals surface area contributed by atoms with Crippen LogP contribution in [0.1, 0.15) is 18.5 Å². The fourth-order valence-electron chi connectivity index (χ4n) is 1.50. The van der Waals surface area contributed by atoms with E-state index < -0.39 is 18.0 Å². The maximum Gasteiger partial charge on any atom is 0.330 e. The van der Waals surface area contributed by atoms with Crippen LogP contribution in [0.15, 0.2) is 30.3 Å². The molecule has 0 aromatic heterocycles. The lowest BCUT2D eigenvalue weighted by atomic mass is 10.1. The second-order valence-corrected chi connectivity index (χ2v) is 3.78. The van der Waals surface area contributed by atoms with Gasteiger partial charge in [-0.05, 0) is 12.5 Å². The van der Waals surface area contributed by atoms with E-state index in [1.807, 2.05) is 6.92 Å². The molecule has 3 N–H and O–H groups in total. The van der Waals surface area contributed by atoms with Crippen LogP contribution in [0.25, 0.3) is 0 Å². The number of carboxylic acid groups (broad SMARTS) is 1. The van der Waals surface area contributed by atoms with Gasteiger partial charge in [0.05, 0.1) is 6.61 Å². The standard InChI is InChI=1S/C13H18N2O4/c1-2-19-9-8-14-13(18)15-11(12(16)17)10-6-4-3-5-7-10/h3-7,11H,2,8-9H2,1H3,(H,16,17)(H2,14,15,18). The van der Waals surface area contributed by atoms with Crippen molar-refractivity contribution in [1.82, 2.24) is 10.6 Å². The molecule has 0 saturated carbocycles. The number of aliphatic carboxylic acids is 1. The average molecular weight is 266 g/mol. The first-order valence-corrected chi connectivity index (χ1v) is 6.05. The highest BCUT2D eigenvalue weighted by Gasteiger charge is 2.21. The van der Waals surface area contributed by atoms with Crippen LogP contribution < -0.4 is 10.6 Å². The molecule has 0 saturated heterocycles. The zero-order chi connectivity index (χ0) is 14.1. The van der Waals surface area contributed by atoms with Gasteiger partial charge in [0.2, 0.25) is 0 Å². The van der Waals surface area contributed by atoms with Crippen LogP contribution in [0, 0.1) is 0 Å². The number of carbonyl (C=O) groups excluding carboxylic acids is 1. The van der Waals surface area contributed by atoms with Crippen LogP contribution in [0.5, 0.6) is 0 Å². The Morgan fingerprint density at radius 1 is 1.32 bits per heavy atom. The topological polar surface area (TPSA) is 87.7 Å². The van der Waals surface area contributed by atoms with E-state index in [9.17, 15) is 9.59 Å². The molecular formula is C13H18N2O4. The summed E-state index contributed by atoms with van der Waals surface area (Å²) in [6, 6.07) is 6.94. The summed E-state index contributed by atoms with van der Waals surface area (Å²) in [6.07, 6.45) is 0. The van der Waals surface area contributed by atoms with E-state index in [1.54, 1.807) is 30.3 Å². The third kappa shape index (κ3) is 5.39. The molecule has 0 spiro atoms. The van der Waals surface area contributed by atoms with Crippen molar-refractivity contribution >= 4 is 12.0 Å². The number of nitrogens with one attached hydrogen (secondary N) is 2. The van der Waals surface area contributed by atoms with Gasteiger partial charge in [-0.2, -0.15) is 0 Å². The second-order valence-electron chi connectivity index (χ2n) is 3.78. The van der Waals surface area contributed by atoms with Crippen molar-refractivity contribution in [2.45, 2.75) is 13.0 Å². The molecular weight excluding hydrogens is 248 g/mol. The van der Waals surface area contributed by atoms with Gasteiger partial charge in [-0.1, -0.05) is 30.3 Å². The number of carboxylic acids is 1. The van der Waals surface area contributed by atoms with Gasteiger partial charge in [0.25, 0.3) is 0 Å². The molecule has 1 atom stereocenters. The quantitative estimate of drug-likeness (QED) is 0.646. The molecule has 19 heavy (non-hydrogen) atoms. The van der Waals surface area contributed by atoms with Gasteiger partial charge >= 0.3 is 12.0 Å². The summed E-state index contributed by atoms with van der Waals surface area (Å²) in [5.74, 6) is -1.11. The SMILES string of the molecule is CCOCCNC(=O)NC(C(=O)O)c1ccccc1. The molecule has 0 fully saturated rings. The molecule has 0 heterocycles. The Hall–Kier alpha value is -2.08. The molecule has 0 aliphatic heterocycles. The summed E-state index contributed by atoms with van der Waals surface area (Å²) < 4.78 is 5.06. The smallest absolute Gasteiger partial charge is 0.330 e. The second kappa shape index (κ2) is 8.10. The number of carbonyl (C=O) groups is 2. The van der Waals surface area contributed by atoms with Gasteiger partial charge in [0, 0.05) is 13.2 Å². The van der Waals surface area contributed by atoms with E-state index in [-0.39, 0.29) is 0 Å². The van der Waals surface area contributed by atoms with Crippen LogP contribution >= 0.6 is 0 Å². The minimum absolute atomic E-state index is 0.334. The highest BCUT2D eigenvalue weighted by molar-refractivity contribution is 5.83. The maximum absolute atomic E-state index is 11.6. The number of hydrogen-bond acceptors (Lipinski definition) is 3. The molecule has 104 valence electrons. The van der Waals surface area contributed by atoms with Gasteiger partial charge < -0.3 is 20.5 Å². The lowest BCUT2D eigenvalue weighted by molar-refractivity contribution is -0.139. The monoisotopic (exact) mass is 266 g/mol. The number of ether oxygens (including phenoxy) is 1. The summed E-state index contributed by atoms with van der Waals surface area (Å²) >= 11 is 0. The van der Waals surface area contributed by atoms with Crippen LogP contribution in [-0.4, -0.2) is 36.9 Å². The molecule has 1 aromatic rings. The Balaban J connectivity index is 2.51. The van der Waals surface area contributed by atoms with Gasteiger partial charge in [-0.25, -0.2) is 9.59 Å². The van der Waals surface area contributed by atoms with Crippen LogP contribution in [0.3, 0.4) is 0 Å². The molecule has 0 bridgehead atoms. The van der Waals surface area contributed by atoms with E-state index in [4.69, 9.17) is 9.84 Å². The van der Waals surface area contributed by atoms with Crippen molar-refractivity contribution in [2.75, 3.05) is 19.8 Å². The number of amides is 2. The molecule has 0 aliphatic carbocycles. The largest absolute Gasteiger partial charge is 0.479 e. The summed E-state index contributed by atoms with van der Waals surface area (Å²) in [5, 5.41) is 14.1. The first-order chi connectivity index (χ1) is 9.15. The van der Waals surface area contributed by atoms with E-state index in [0.29, 0.717) is 25.3 Å². The lowest BCUT2D eigenvalue weighted by Crippen LogP contribution is -2.42. The maximum atomic E-state index is 11.6. The van der Waals surface area contributed by atoms with E-state index in [0.717, 1.165) is 0 Å². The highest BCUT2D eigenvalue weighted by atomic mass is 16.5. The van der Waals surface area contributed by atoms with Crippen molar-refractivity contribution in [3.05, 3.63) is 35.9 Å². The molecule has 6 heteroatoms. The van der Waals surface area contributed by atoms with E-state index in [2.05, 4.69) is 10.6 Å². The van der Waals surface area contributed by atoms with Gasteiger partial charge in [-0.3, -0.25) is 0 Å². The summed E-state index contributed by atoms with van der Waals surface area (Å²) in [6.45, 7) is 3.16. The third-order valence-electron chi connectivity index (χ3n) is 2.39. The normalized spacial score (nSPS) is 11.6. The van der Waals surface area contributed by atoms with Gasteiger partial charge in [0.15, 0.2) is 6.04 Å². The van der Waals surface area contributed by atoms with Crippen LogP contribution in [0.2, 0.25) is 0 Å². The molecule has 6 nitrogen and oxygen atoms in total. The van der Waals surface area contributed by atoms with Gasteiger partial charge in [-0.15, -0.1) is 0 Å². The fourth-order valence-corrected chi connectivity index (χ4v) is 1.50. The van der Waals surface area contributed by atoms with Crippen molar-refractivity contribution in [3.63, 3.8) is 0 Å². The number of urea groups is 1. The first-order valence-electron chi connectivity index (χ1n) is 6.05. The Kier molecular flexibility index (Phi) is 6.38. The summed E-state index contributed by atoms with van der Waals surface area (Å²) in [4.78, 5) is 22.7. The zero-order valence-corrected chi connectivity index (χ0v) is 10.8. The molecule has 1 aromatic carbocycles. The van der Waals surface area contributed by atoms with Crippen LogP contribution in [0.4, 0.5) is 4.79 Å². The van der Waals surface area contributed by atoms with Crippen molar-refractivity contribution in [2.24, 2.45) is 0 Å². The number of benzene rings is 1. The predicted molar refractivity (Wildman–Crippen MR) is 69.8 cm³/mol. The Labute approximate surface area is 111 Å². The average Bonchev–Trinajstić information content (AvgIpc) is 2.41. The minimum atomic E-state index is -1.11. The number of rotatable bonds is 7. The molecule has 2 amide bonds. The summed E-state index contributed by atoms with van der Waals surface area (Å²) in [5.41, 5.74) is 0.523. The Morgan fingerprint density at radius 3 is 2.58 bits per heavy atom. The highest BCUT2D eigenvalue weighted by Crippen LogP contribution is 2.12. The predicted octanol–water partition coefficient (Wildman–Crippen LogP) is 1.15. The van der Waals surface area contributed by atoms with Crippen molar-refractivity contribution in [1.29, 1.82) is 0 Å². The summed E-state index contributed by atoms with van der Waals surface area (Å²) in [7, 11) is 0. The lowest BCUT2D eigenvalue weighted by Gasteiger charge is -2.15. The van der Waals surface area contributed by atoms with E-state index >= 15 is 0 Å². The minimum Gasteiger partial charge on any atom is -0.479 e. The molecule has 0 radical (unpaired) electrons. The first kappa shape index (κ1) is 15.0. The Bertz CT molecular complexity index is 408. The third-order valence-corrected chi connectivity index (χ3v) is 2.39. The molecule has 1 unspecified atom stereocenters. The van der Waals surface area contributed by atoms with Crippen LogP contribution in [-0.2, 0) is 9.53 Å². The fraction of sp³-hybridized carbons (Fsp3) is 0.385. The van der Waals surface area contributed by atoms with Crippen molar-refractivity contribution < 1.29 is 19.4 Å². The van der Waals surface area contributed by atoms with E-state index in [1.165, 1.54) is 0 Å². The zero-order valence-electron chi connectivity index (χ0n) is 10.8. The molecule has 0 aliphatic rings. The van der Waals surface area contributed by atoms with Gasteiger partial charge in [0.1, 0.15) is 0 Å². The Morgan fingerprint density at radius 2 is 2.00 bits per heavy atom.